The molecule has 0 aromatic carbocycles. The third-order valence-corrected chi connectivity index (χ3v) is 7.13. The van der Waals surface area contributed by atoms with Crippen LogP contribution in [0.1, 0.15) is 64.6 Å². The van der Waals surface area contributed by atoms with E-state index in [4.69, 9.17) is 14.5 Å². The first-order chi connectivity index (χ1) is 19.4. The average Bonchev–Trinajstić information content (AvgIpc) is 3.31. The molecule has 9 heteroatoms. The Balaban J connectivity index is 2.29. The monoisotopic (exact) mass is 583 g/mol. The van der Waals surface area contributed by atoms with Crippen molar-refractivity contribution in [3.63, 3.8) is 0 Å². The van der Waals surface area contributed by atoms with Gasteiger partial charge in [-0.05, 0) is 67.1 Å². The molecular weight excluding hydrogens is 538 g/mol. The maximum atomic E-state index is 12.8. The van der Waals surface area contributed by atoms with E-state index in [1.807, 2.05) is 52.4 Å². The van der Waals surface area contributed by atoms with Crippen LogP contribution in [0.15, 0.2) is 64.6 Å². The summed E-state index contributed by atoms with van der Waals surface area (Å²) in [7, 11) is 4.06. The molecule has 0 radical (unpaired) electrons. The lowest BCUT2D eigenvalue weighted by Crippen LogP contribution is -2.41. The van der Waals surface area contributed by atoms with Crippen molar-refractivity contribution < 1.29 is 23.9 Å². The van der Waals surface area contributed by atoms with Gasteiger partial charge in [-0.3, -0.25) is 4.79 Å². The van der Waals surface area contributed by atoms with Crippen molar-refractivity contribution in [3.8, 4) is 0 Å². The lowest BCUT2D eigenvalue weighted by atomic mass is 10.1. The van der Waals surface area contributed by atoms with Gasteiger partial charge in [-0.25, -0.2) is 14.6 Å². The van der Waals surface area contributed by atoms with Gasteiger partial charge in [0, 0.05) is 37.8 Å². The SMILES string of the molecule is CC(=O)N[C@@H]1CCCc2csc(n2)C[C@@H](/C=C(C)/C=C/C(C)=C/CN(C)C)OC(=O)/C=C\C=C(/C)C[C@H](C)OC1=O. The molecule has 0 saturated heterocycles. The van der Waals surface area contributed by atoms with Crippen LogP contribution in [0.3, 0.4) is 0 Å². The number of hydrogen-bond donors (Lipinski definition) is 1. The molecule has 1 aromatic heterocycles. The first kappa shape index (κ1) is 33.9. The molecule has 0 aliphatic carbocycles. The Labute approximate surface area is 248 Å². The van der Waals surface area contributed by atoms with Crippen LogP contribution in [0.25, 0.3) is 0 Å². The minimum absolute atomic E-state index is 0.274. The largest absolute Gasteiger partial charge is 0.461 e. The van der Waals surface area contributed by atoms with E-state index in [9.17, 15) is 14.4 Å². The van der Waals surface area contributed by atoms with E-state index in [-0.39, 0.29) is 12.0 Å². The van der Waals surface area contributed by atoms with Crippen LogP contribution >= 0.6 is 11.3 Å². The number of carbonyl (C=O) groups is 3. The number of aryl methyl sites for hydroxylation is 1. The van der Waals surface area contributed by atoms with Crippen molar-refractivity contribution in [1.29, 1.82) is 0 Å². The first-order valence-corrected chi connectivity index (χ1v) is 14.9. The highest BCUT2D eigenvalue weighted by atomic mass is 32.1. The molecular formula is C32H45N3O5S. The fraction of sp³-hybridized carbons (Fsp3) is 0.500. The van der Waals surface area contributed by atoms with E-state index >= 15 is 0 Å². The number of likely N-dealkylation sites (N-methyl/N-ethyl adjacent to an activating group) is 1. The second kappa shape index (κ2) is 17.5. The smallest absolute Gasteiger partial charge is 0.331 e. The van der Waals surface area contributed by atoms with Gasteiger partial charge in [-0.2, -0.15) is 0 Å². The van der Waals surface area contributed by atoms with E-state index in [0.29, 0.717) is 32.1 Å². The molecule has 0 saturated carbocycles. The Morgan fingerprint density at radius 3 is 2.59 bits per heavy atom. The summed E-state index contributed by atoms with van der Waals surface area (Å²) in [6.07, 6.45) is 14.9. The number of nitrogens with one attached hydrogen (secondary N) is 1. The van der Waals surface area contributed by atoms with Gasteiger partial charge < -0.3 is 19.7 Å². The third-order valence-electron chi connectivity index (χ3n) is 6.21. The number of thiazole rings is 1. The summed E-state index contributed by atoms with van der Waals surface area (Å²) < 4.78 is 11.4. The molecule has 1 N–H and O–H groups in total. The zero-order valence-electron chi connectivity index (χ0n) is 25.4. The van der Waals surface area contributed by atoms with Gasteiger partial charge in [-0.1, -0.05) is 47.1 Å². The molecule has 0 unspecified atom stereocenters. The average molecular weight is 584 g/mol. The van der Waals surface area contributed by atoms with Crippen LogP contribution in [0.4, 0.5) is 0 Å². The molecule has 2 rings (SSSR count). The number of hydrogen-bond acceptors (Lipinski definition) is 8. The van der Waals surface area contributed by atoms with Crippen LogP contribution in [0, 0.1) is 0 Å². The van der Waals surface area contributed by atoms with Crippen molar-refractivity contribution in [2.45, 2.75) is 85.0 Å². The van der Waals surface area contributed by atoms with Gasteiger partial charge in [0.05, 0.1) is 10.7 Å². The number of amides is 1. The van der Waals surface area contributed by atoms with Gasteiger partial charge in [0.1, 0.15) is 18.2 Å². The summed E-state index contributed by atoms with van der Waals surface area (Å²) >= 11 is 1.52. The number of esters is 2. The standard InChI is InChI=1S/C32H45N3O5S/c1-22(16-17-35(6)7)14-15-24(3)19-28-20-30-34-27(21-41-30)11-9-12-29(33-26(5)36)32(38)39-25(4)18-23(2)10-8-13-31(37)40-28/h8,10,13-16,19,21,25,28-29H,9,11-12,17-18,20H2,1-7H3,(H,33,36)/b13-8-,15-14+,22-16+,23-10+,24-19+/t25-,28+,29+/m0/s1. The number of nitrogens with zero attached hydrogens (tertiary/aromatic N) is 2. The second-order valence-electron chi connectivity index (χ2n) is 10.8. The lowest BCUT2D eigenvalue weighted by molar-refractivity contribution is -0.152. The quantitative estimate of drug-likeness (QED) is 0.360. The molecule has 1 aliphatic rings. The number of allylic oxidation sites excluding steroid dienone is 6. The Kier molecular flexibility index (Phi) is 14.5. The summed E-state index contributed by atoms with van der Waals surface area (Å²) in [6.45, 7) is 10.0. The number of fused-ring (bicyclic) bond motifs is 2. The predicted octanol–water partition coefficient (Wildman–Crippen LogP) is 5.27. The van der Waals surface area contributed by atoms with Crippen molar-refractivity contribution >= 4 is 29.2 Å². The van der Waals surface area contributed by atoms with Crippen molar-refractivity contribution in [2.75, 3.05) is 20.6 Å². The highest BCUT2D eigenvalue weighted by Crippen LogP contribution is 2.18. The van der Waals surface area contributed by atoms with Crippen LogP contribution in [0.5, 0.6) is 0 Å². The Morgan fingerprint density at radius 2 is 1.88 bits per heavy atom. The predicted molar refractivity (Wildman–Crippen MR) is 165 cm³/mol. The number of cyclic esters (lactones) is 2. The lowest BCUT2D eigenvalue weighted by Gasteiger charge is -2.20. The van der Waals surface area contributed by atoms with Crippen LogP contribution in [0.2, 0.25) is 0 Å². The van der Waals surface area contributed by atoms with Crippen molar-refractivity contribution in [2.24, 2.45) is 0 Å². The van der Waals surface area contributed by atoms with Crippen LogP contribution in [-0.2, 0) is 36.7 Å². The molecule has 2 heterocycles. The summed E-state index contributed by atoms with van der Waals surface area (Å²) in [4.78, 5) is 44.1. The summed E-state index contributed by atoms with van der Waals surface area (Å²) in [6, 6.07) is -0.711. The van der Waals surface area contributed by atoms with E-state index in [1.54, 1.807) is 12.2 Å². The molecule has 0 fully saturated rings. The summed E-state index contributed by atoms with van der Waals surface area (Å²) in [5.74, 6) is -1.16. The second-order valence-corrected chi connectivity index (χ2v) is 11.8. The molecule has 1 aromatic rings. The molecule has 3 atom stereocenters. The number of carbonyl (C=O) groups excluding carboxylic acids is 3. The number of ether oxygens (including phenoxy) is 2. The molecule has 41 heavy (non-hydrogen) atoms. The third kappa shape index (κ3) is 14.2. The van der Waals surface area contributed by atoms with Gasteiger partial charge >= 0.3 is 11.9 Å². The minimum Gasteiger partial charge on any atom is -0.461 e. The fourth-order valence-corrected chi connectivity index (χ4v) is 5.05. The molecule has 8 nitrogen and oxygen atoms in total. The van der Waals surface area contributed by atoms with E-state index in [0.717, 1.165) is 34.0 Å². The molecule has 0 spiro atoms. The van der Waals surface area contributed by atoms with Gasteiger partial charge in [0.2, 0.25) is 5.91 Å². The molecule has 224 valence electrons. The summed E-state index contributed by atoms with van der Waals surface area (Å²) in [5.41, 5.74) is 3.98. The highest BCUT2D eigenvalue weighted by Gasteiger charge is 2.23. The Hall–Kier alpha value is -3.30. The van der Waals surface area contributed by atoms with Crippen molar-refractivity contribution in [3.05, 3.63) is 75.3 Å². The molecule has 1 aliphatic heterocycles. The maximum Gasteiger partial charge on any atom is 0.331 e. The van der Waals surface area contributed by atoms with E-state index in [1.165, 1.54) is 24.3 Å². The minimum atomic E-state index is -0.711. The van der Waals surface area contributed by atoms with Crippen LogP contribution in [-0.4, -0.2) is 66.6 Å². The van der Waals surface area contributed by atoms with Gasteiger partial charge in [0.15, 0.2) is 0 Å². The maximum absolute atomic E-state index is 12.8. The zero-order valence-corrected chi connectivity index (χ0v) is 26.3. The first-order valence-electron chi connectivity index (χ1n) is 14.0. The number of aromatic nitrogens is 1. The topological polar surface area (TPSA) is 97.8 Å². The summed E-state index contributed by atoms with van der Waals surface area (Å²) in [5, 5.41) is 5.57. The zero-order chi connectivity index (χ0) is 30.4. The van der Waals surface area contributed by atoms with Gasteiger partial charge in [-0.15, -0.1) is 11.3 Å². The van der Waals surface area contributed by atoms with E-state index < -0.39 is 24.1 Å². The molecule has 2 bridgehead atoms. The normalized spacial score (nSPS) is 24.5. The Morgan fingerprint density at radius 1 is 1.15 bits per heavy atom. The van der Waals surface area contributed by atoms with E-state index in [2.05, 4.69) is 29.3 Å². The Bertz CT molecular complexity index is 1190. The fourth-order valence-electron chi connectivity index (χ4n) is 4.18. The van der Waals surface area contributed by atoms with Crippen LogP contribution < -0.4 is 5.32 Å². The molecule has 1 amide bonds. The van der Waals surface area contributed by atoms with Gasteiger partial charge in [0.25, 0.3) is 0 Å². The van der Waals surface area contributed by atoms with Crippen molar-refractivity contribution in [1.82, 2.24) is 15.2 Å². The number of rotatable bonds is 6. The highest BCUT2D eigenvalue weighted by molar-refractivity contribution is 7.09.